The highest BCUT2D eigenvalue weighted by atomic mass is 16.5. The van der Waals surface area contributed by atoms with Crippen molar-refractivity contribution in [3.63, 3.8) is 0 Å². The second-order valence-electron chi connectivity index (χ2n) is 8.30. The van der Waals surface area contributed by atoms with Crippen LogP contribution in [0.3, 0.4) is 0 Å². The molecular formula is C28H28N2O2. The highest BCUT2D eigenvalue weighted by Crippen LogP contribution is 2.36. The van der Waals surface area contributed by atoms with Gasteiger partial charge in [-0.3, -0.25) is 4.79 Å². The lowest BCUT2D eigenvalue weighted by molar-refractivity contribution is -0.131. The fourth-order valence-corrected chi connectivity index (χ4v) is 4.42. The van der Waals surface area contributed by atoms with E-state index in [1.165, 1.54) is 0 Å². The number of nitriles is 1. The predicted octanol–water partition coefficient (Wildman–Crippen LogP) is 5.09. The van der Waals surface area contributed by atoms with Crippen LogP contribution in [0.25, 0.3) is 0 Å². The largest absolute Gasteiger partial charge is 0.372 e. The number of carbonyl (C=O) groups excluding carboxylic acids is 1. The Bertz CT molecular complexity index is 1010. The molecule has 1 aliphatic rings. The molecule has 1 heterocycles. The van der Waals surface area contributed by atoms with Crippen LogP contribution in [0.5, 0.6) is 0 Å². The molecular weight excluding hydrogens is 396 g/mol. The van der Waals surface area contributed by atoms with E-state index >= 15 is 0 Å². The summed E-state index contributed by atoms with van der Waals surface area (Å²) in [6.07, 6.45) is 1.67. The van der Waals surface area contributed by atoms with Crippen molar-refractivity contribution in [3.8, 4) is 6.07 Å². The van der Waals surface area contributed by atoms with Gasteiger partial charge in [-0.2, -0.15) is 5.26 Å². The maximum Gasteiger partial charge on any atom is 0.222 e. The summed E-state index contributed by atoms with van der Waals surface area (Å²) in [5.41, 5.74) is 2.14. The van der Waals surface area contributed by atoms with Gasteiger partial charge in [0, 0.05) is 19.5 Å². The molecule has 0 aromatic heterocycles. The van der Waals surface area contributed by atoms with Gasteiger partial charge in [0.05, 0.1) is 18.8 Å². The molecule has 1 amide bonds. The summed E-state index contributed by atoms with van der Waals surface area (Å²) < 4.78 is 6.03. The van der Waals surface area contributed by atoms with Crippen molar-refractivity contribution >= 4 is 5.91 Å². The summed E-state index contributed by atoms with van der Waals surface area (Å²) in [5, 5.41) is 10.3. The molecule has 162 valence electrons. The molecule has 4 rings (SSSR count). The van der Waals surface area contributed by atoms with E-state index in [-0.39, 0.29) is 12.0 Å². The molecule has 3 aromatic carbocycles. The molecule has 0 aliphatic carbocycles. The van der Waals surface area contributed by atoms with Gasteiger partial charge in [-0.1, -0.05) is 91.0 Å². The van der Waals surface area contributed by atoms with Crippen LogP contribution in [0.4, 0.5) is 0 Å². The zero-order valence-corrected chi connectivity index (χ0v) is 18.2. The Kier molecular flexibility index (Phi) is 6.99. The van der Waals surface area contributed by atoms with E-state index in [9.17, 15) is 10.1 Å². The smallest absolute Gasteiger partial charge is 0.222 e. The van der Waals surface area contributed by atoms with Crippen molar-refractivity contribution in [1.29, 1.82) is 5.26 Å². The quantitative estimate of drug-likeness (QED) is 0.506. The van der Waals surface area contributed by atoms with Crippen LogP contribution >= 0.6 is 0 Å². The normalized spacial score (nSPS) is 16.0. The lowest BCUT2D eigenvalue weighted by Gasteiger charge is -2.28. The number of rotatable bonds is 8. The molecule has 0 N–H and O–H groups in total. The third-order valence-corrected chi connectivity index (χ3v) is 6.26. The molecule has 0 radical (unpaired) electrons. The van der Waals surface area contributed by atoms with Crippen LogP contribution in [0, 0.1) is 11.3 Å². The Morgan fingerprint density at radius 1 is 0.938 bits per heavy atom. The van der Waals surface area contributed by atoms with Crippen LogP contribution in [0.2, 0.25) is 0 Å². The first-order valence-corrected chi connectivity index (χ1v) is 11.2. The van der Waals surface area contributed by atoms with Crippen LogP contribution in [0.1, 0.15) is 36.0 Å². The minimum atomic E-state index is -0.846. The van der Waals surface area contributed by atoms with E-state index in [1.54, 1.807) is 0 Å². The number of amides is 1. The second-order valence-corrected chi connectivity index (χ2v) is 8.30. The van der Waals surface area contributed by atoms with E-state index < -0.39 is 5.41 Å². The molecule has 0 spiro atoms. The van der Waals surface area contributed by atoms with Crippen LogP contribution in [-0.4, -0.2) is 30.0 Å². The van der Waals surface area contributed by atoms with E-state index in [0.717, 1.165) is 23.1 Å². The Morgan fingerprint density at radius 3 is 2.06 bits per heavy atom. The van der Waals surface area contributed by atoms with Gasteiger partial charge in [0.15, 0.2) is 0 Å². The van der Waals surface area contributed by atoms with Crippen molar-refractivity contribution < 1.29 is 9.53 Å². The average Bonchev–Trinajstić information content (AvgIpc) is 3.35. The fourth-order valence-electron chi connectivity index (χ4n) is 4.42. The molecule has 1 fully saturated rings. The maximum absolute atomic E-state index is 13.1. The molecule has 0 bridgehead atoms. The van der Waals surface area contributed by atoms with Crippen molar-refractivity contribution in [3.05, 3.63) is 108 Å². The summed E-state index contributed by atoms with van der Waals surface area (Å²) in [6, 6.07) is 32.2. The second kappa shape index (κ2) is 10.3. The predicted molar refractivity (Wildman–Crippen MR) is 125 cm³/mol. The highest BCUT2D eigenvalue weighted by molar-refractivity contribution is 5.77. The lowest BCUT2D eigenvalue weighted by Crippen LogP contribution is -2.33. The fraction of sp³-hybridized carbons (Fsp3) is 0.286. The van der Waals surface area contributed by atoms with E-state index in [0.29, 0.717) is 32.5 Å². The molecule has 0 saturated carbocycles. The first kappa shape index (κ1) is 21.8. The molecule has 1 saturated heterocycles. The van der Waals surface area contributed by atoms with Crippen LogP contribution < -0.4 is 0 Å². The zero-order chi connectivity index (χ0) is 22.2. The molecule has 0 unspecified atom stereocenters. The van der Waals surface area contributed by atoms with E-state index in [2.05, 4.69) is 6.07 Å². The monoisotopic (exact) mass is 424 g/mol. The maximum atomic E-state index is 13.1. The number of benzene rings is 3. The molecule has 4 nitrogen and oxygen atoms in total. The van der Waals surface area contributed by atoms with Gasteiger partial charge in [0.25, 0.3) is 0 Å². The number of nitrogens with zero attached hydrogens (tertiary/aromatic N) is 2. The van der Waals surface area contributed by atoms with Gasteiger partial charge in [0.2, 0.25) is 5.91 Å². The third kappa shape index (κ3) is 4.90. The van der Waals surface area contributed by atoms with Crippen molar-refractivity contribution in [2.75, 3.05) is 13.1 Å². The van der Waals surface area contributed by atoms with Gasteiger partial charge in [-0.05, 0) is 29.5 Å². The first-order valence-electron chi connectivity index (χ1n) is 11.2. The zero-order valence-electron chi connectivity index (χ0n) is 18.2. The van der Waals surface area contributed by atoms with Crippen molar-refractivity contribution in [2.45, 2.75) is 37.4 Å². The number of carbonyl (C=O) groups is 1. The molecule has 1 aliphatic heterocycles. The SMILES string of the molecule is N#CC(CCC(=O)N1CC[C@H](OCc2ccccc2)C1)(c1ccccc1)c1ccccc1. The molecule has 3 aromatic rings. The van der Waals surface area contributed by atoms with Gasteiger partial charge in [0.1, 0.15) is 5.41 Å². The topological polar surface area (TPSA) is 53.3 Å². The van der Waals surface area contributed by atoms with Crippen molar-refractivity contribution in [2.24, 2.45) is 0 Å². The van der Waals surface area contributed by atoms with E-state index in [4.69, 9.17) is 4.74 Å². The highest BCUT2D eigenvalue weighted by Gasteiger charge is 2.36. The first-order chi connectivity index (χ1) is 15.7. The molecule has 1 atom stereocenters. The lowest BCUT2D eigenvalue weighted by atomic mass is 9.72. The molecule has 32 heavy (non-hydrogen) atoms. The summed E-state index contributed by atoms with van der Waals surface area (Å²) in [6.45, 7) is 1.88. The van der Waals surface area contributed by atoms with Crippen LogP contribution in [0.15, 0.2) is 91.0 Å². The van der Waals surface area contributed by atoms with Gasteiger partial charge >= 0.3 is 0 Å². The Morgan fingerprint density at radius 2 is 1.50 bits per heavy atom. The summed E-state index contributed by atoms with van der Waals surface area (Å²) >= 11 is 0. The summed E-state index contributed by atoms with van der Waals surface area (Å²) in [5.74, 6) is 0.0855. The minimum absolute atomic E-state index is 0.0585. The van der Waals surface area contributed by atoms with Crippen molar-refractivity contribution in [1.82, 2.24) is 4.90 Å². The Hall–Kier alpha value is -3.42. The average molecular weight is 425 g/mol. The van der Waals surface area contributed by atoms with E-state index in [1.807, 2.05) is 95.9 Å². The third-order valence-electron chi connectivity index (χ3n) is 6.26. The minimum Gasteiger partial charge on any atom is -0.372 e. The Balaban J connectivity index is 1.40. The Labute approximate surface area is 190 Å². The van der Waals surface area contributed by atoms with Gasteiger partial charge < -0.3 is 9.64 Å². The summed E-state index contributed by atoms with van der Waals surface area (Å²) in [4.78, 5) is 14.9. The van der Waals surface area contributed by atoms with Gasteiger partial charge in [-0.25, -0.2) is 0 Å². The number of hydrogen-bond acceptors (Lipinski definition) is 3. The summed E-state index contributed by atoms with van der Waals surface area (Å²) in [7, 11) is 0. The number of likely N-dealkylation sites (tertiary alicyclic amines) is 1. The number of ether oxygens (including phenoxy) is 1. The number of hydrogen-bond donors (Lipinski definition) is 0. The molecule has 4 heteroatoms. The van der Waals surface area contributed by atoms with Crippen LogP contribution in [-0.2, 0) is 21.6 Å². The van der Waals surface area contributed by atoms with Gasteiger partial charge in [-0.15, -0.1) is 0 Å². The standard InChI is InChI=1S/C28H28N2O2/c29-22-28(24-12-6-2-7-13-24,25-14-8-3-9-15-25)18-16-27(31)30-19-17-26(20-30)32-21-23-10-4-1-5-11-23/h1-15,26H,16-21H2/t26-/m0/s1.